The smallest absolute Gasteiger partial charge is 0.123 e. The van der Waals surface area contributed by atoms with Gasteiger partial charge in [-0.15, -0.1) is 0 Å². The van der Waals surface area contributed by atoms with Crippen molar-refractivity contribution in [3.63, 3.8) is 0 Å². The Morgan fingerprint density at radius 2 is 2.35 bits per heavy atom. The number of halogens is 1. The normalized spacial score (nSPS) is 21.5. The van der Waals surface area contributed by atoms with E-state index >= 15 is 0 Å². The first-order valence-corrected chi connectivity index (χ1v) is 5.92. The number of hydrogen-bond acceptors (Lipinski definition) is 3. The Bertz CT molecular complexity index is 384. The molecule has 1 saturated heterocycles. The molecular formula is C13H18FNO2. The van der Waals surface area contributed by atoms with E-state index < -0.39 is 0 Å². The molecule has 1 aliphatic rings. The van der Waals surface area contributed by atoms with E-state index in [4.69, 9.17) is 4.74 Å². The van der Waals surface area contributed by atoms with Gasteiger partial charge < -0.3 is 9.84 Å². The summed E-state index contributed by atoms with van der Waals surface area (Å²) in [7, 11) is 1.59. The molecule has 1 unspecified atom stereocenters. The van der Waals surface area contributed by atoms with Crippen LogP contribution in [0.4, 0.5) is 4.39 Å². The van der Waals surface area contributed by atoms with E-state index in [0.717, 1.165) is 24.9 Å². The van der Waals surface area contributed by atoms with Gasteiger partial charge in [0.15, 0.2) is 0 Å². The molecule has 0 saturated carbocycles. The molecule has 1 fully saturated rings. The van der Waals surface area contributed by atoms with E-state index in [9.17, 15) is 9.50 Å². The number of nitrogens with zero attached hydrogens (tertiary/aromatic N) is 1. The van der Waals surface area contributed by atoms with Gasteiger partial charge in [-0.3, -0.25) is 4.90 Å². The number of piperidine rings is 1. The van der Waals surface area contributed by atoms with E-state index in [0.29, 0.717) is 18.8 Å². The molecule has 0 radical (unpaired) electrons. The molecule has 0 amide bonds. The fourth-order valence-corrected chi connectivity index (χ4v) is 2.29. The highest BCUT2D eigenvalue weighted by Crippen LogP contribution is 2.22. The molecule has 4 heteroatoms. The zero-order chi connectivity index (χ0) is 12.3. The van der Waals surface area contributed by atoms with Crippen LogP contribution in [0, 0.1) is 5.82 Å². The monoisotopic (exact) mass is 239 g/mol. The zero-order valence-electron chi connectivity index (χ0n) is 10.0. The Morgan fingerprint density at radius 3 is 3.06 bits per heavy atom. The molecule has 17 heavy (non-hydrogen) atoms. The van der Waals surface area contributed by atoms with Crippen LogP contribution in [-0.2, 0) is 6.54 Å². The van der Waals surface area contributed by atoms with Crippen molar-refractivity contribution in [3.8, 4) is 5.75 Å². The van der Waals surface area contributed by atoms with Crippen LogP contribution >= 0.6 is 0 Å². The van der Waals surface area contributed by atoms with E-state index in [-0.39, 0.29) is 11.9 Å². The van der Waals surface area contributed by atoms with Gasteiger partial charge in [0.2, 0.25) is 0 Å². The van der Waals surface area contributed by atoms with Gasteiger partial charge in [-0.25, -0.2) is 4.39 Å². The Kier molecular flexibility index (Phi) is 3.97. The van der Waals surface area contributed by atoms with E-state index in [1.54, 1.807) is 13.2 Å². The summed E-state index contributed by atoms with van der Waals surface area (Å²) >= 11 is 0. The summed E-state index contributed by atoms with van der Waals surface area (Å²) in [5, 5.41) is 9.59. The topological polar surface area (TPSA) is 32.7 Å². The van der Waals surface area contributed by atoms with Gasteiger partial charge in [-0.1, -0.05) is 0 Å². The molecule has 1 atom stereocenters. The lowest BCUT2D eigenvalue weighted by Crippen LogP contribution is -2.37. The summed E-state index contributed by atoms with van der Waals surface area (Å²) in [5.74, 6) is 0.449. The van der Waals surface area contributed by atoms with E-state index in [1.807, 2.05) is 0 Å². The van der Waals surface area contributed by atoms with Gasteiger partial charge in [-0.2, -0.15) is 0 Å². The Morgan fingerprint density at radius 1 is 1.53 bits per heavy atom. The minimum Gasteiger partial charge on any atom is -0.496 e. The van der Waals surface area contributed by atoms with Crippen LogP contribution in [0.1, 0.15) is 18.4 Å². The van der Waals surface area contributed by atoms with Gasteiger partial charge in [-0.05, 0) is 37.6 Å². The van der Waals surface area contributed by atoms with Crippen molar-refractivity contribution in [1.29, 1.82) is 0 Å². The van der Waals surface area contributed by atoms with E-state index in [2.05, 4.69) is 4.90 Å². The van der Waals surface area contributed by atoms with Gasteiger partial charge in [0.25, 0.3) is 0 Å². The highest BCUT2D eigenvalue weighted by molar-refractivity contribution is 5.33. The fourth-order valence-electron chi connectivity index (χ4n) is 2.29. The third kappa shape index (κ3) is 3.17. The van der Waals surface area contributed by atoms with Gasteiger partial charge in [0, 0.05) is 18.7 Å². The Hall–Kier alpha value is -1.13. The van der Waals surface area contributed by atoms with Crippen molar-refractivity contribution in [1.82, 2.24) is 4.90 Å². The molecule has 3 nitrogen and oxygen atoms in total. The second-order valence-corrected chi connectivity index (χ2v) is 4.49. The standard InChI is InChI=1S/C13H18FNO2/c1-17-13-5-4-11(14)7-10(13)8-15-6-2-3-12(16)9-15/h4-5,7,12,16H,2-3,6,8-9H2,1H3. The van der Waals surface area contributed by atoms with Gasteiger partial charge in [0.05, 0.1) is 13.2 Å². The van der Waals surface area contributed by atoms with Crippen LogP contribution in [0.2, 0.25) is 0 Å². The van der Waals surface area contributed by atoms with Crippen LogP contribution in [0.15, 0.2) is 18.2 Å². The maximum Gasteiger partial charge on any atom is 0.123 e. The predicted molar refractivity (Wildman–Crippen MR) is 63.5 cm³/mol. The molecule has 1 aromatic rings. The lowest BCUT2D eigenvalue weighted by Gasteiger charge is -2.30. The van der Waals surface area contributed by atoms with Crippen molar-refractivity contribution in [2.45, 2.75) is 25.5 Å². The summed E-state index contributed by atoms with van der Waals surface area (Å²) in [4.78, 5) is 2.13. The Labute approximate surface area is 101 Å². The van der Waals surface area contributed by atoms with Crippen LogP contribution in [-0.4, -0.2) is 36.3 Å². The molecule has 1 aromatic carbocycles. The maximum atomic E-state index is 13.2. The molecule has 0 aromatic heterocycles. The fraction of sp³-hybridized carbons (Fsp3) is 0.538. The lowest BCUT2D eigenvalue weighted by atomic mass is 10.1. The molecule has 1 N–H and O–H groups in total. The third-order valence-electron chi connectivity index (χ3n) is 3.12. The summed E-state index contributed by atoms with van der Waals surface area (Å²) in [6.45, 7) is 2.22. The number of likely N-dealkylation sites (tertiary alicyclic amines) is 1. The van der Waals surface area contributed by atoms with Crippen molar-refractivity contribution < 1.29 is 14.2 Å². The van der Waals surface area contributed by atoms with Crippen LogP contribution in [0.3, 0.4) is 0 Å². The Balaban J connectivity index is 2.08. The second kappa shape index (κ2) is 5.47. The second-order valence-electron chi connectivity index (χ2n) is 4.49. The van der Waals surface area contributed by atoms with Gasteiger partial charge in [0.1, 0.15) is 11.6 Å². The van der Waals surface area contributed by atoms with Crippen LogP contribution < -0.4 is 4.74 Å². The third-order valence-corrected chi connectivity index (χ3v) is 3.12. The number of β-amino-alcohol motifs (C(OH)–C–C–N with tert-alkyl or cyclic N) is 1. The number of rotatable bonds is 3. The molecule has 1 heterocycles. The lowest BCUT2D eigenvalue weighted by molar-refractivity contribution is 0.0664. The zero-order valence-corrected chi connectivity index (χ0v) is 10.0. The summed E-state index contributed by atoms with van der Waals surface area (Å²) in [6, 6.07) is 4.54. The highest BCUT2D eigenvalue weighted by Gasteiger charge is 2.19. The minimum atomic E-state index is -0.261. The highest BCUT2D eigenvalue weighted by atomic mass is 19.1. The quantitative estimate of drug-likeness (QED) is 0.873. The summed E-state index contributed by atoms with van der Waals surface area (Å²) in [6.07, 6.45) is 1.58. The number of benzene rings is 1. The molecule has 0 bridgehead atoms. The number of aliphatic hydroxyl groups is 1. The molecule has 0 aliphatic carbocycles. The average Bonchev–Trinajstić information content (AvgIpc) is 2.29. The number of aliphatic hydroxyl groups excluding tert-OH is 1. The van der Waals surface area contributed by atoms with Crippen molar-refractivity contribution in [2.75, 3.05) is 20.2 Å². The molecule has 0 spiro atoms. The molecular weight excluding hydrogens is 221 g/mol. The minimum absolute atomic E-state index is 0.252. The maximum absolute atomic E-state index is 13.2. The SMILES string of the molecule is COc1ccc(F)cc1CN1CCCC(O)C1. The van der Waals surface area contributed by atoms with Crippen molar-refractivity contribution in [3.05, 3.63) is 29.6 Å². The molecule has 2 rings (SSSR count). The van der Waals surface area contributed by atoms with Crippen LogP contribution in [0.25, 0.3) is 0 Å². The van der Waals surface area contributed by atoms with Crippen molar-refractivity contribution >= 4 is 0 Å². The van der Waals surface area contributed by atoms with E-state index in [1.165, 1.54) is 12.1 Å². The first-order valence-electron chi connectivity index (χ1n) is 5.92. The predicted octanol–water partition coefficient (Wildman–Crippen LogP) is 1.79. The first kappa shape index (κ1) is 12.3. The van der Waals surface area contributed by atoms with Crippen LogP contribution in [0.5, 0.6) is 5.75 Å². The average molecular weight is 239 g/mol. The number of hydrogen-bond donors (Lipinski definition) is 1. The van der Waals surface area contributed by atoms with Gasteiger partial charge >= 0.3 is 0 Å². The largest absolute Gasteiger partial charge is 0.496 e. The number of methoxy groups -OCH3 is 1. The van der Waals surface area contributed by atoms with Crippen molar-refractivity contribution in [2.24, 2.45) is 0 Å². The summed E-state index contributed by atoms with van der Waals surface area (Å²) < 4.78 is 18.4. The number of ether oxygens (including phenoxy) is 1. The first-order chi connectivity index (χ1) is 8.19. The molecule has 94 valence electrons. The molecule has 1 aliphatic heterocycles. The summed E-state index contributed by atoms with van der Waals surface area (Å²) in [5.41, 5.74) is 0.835.